The fraction of sp³-hybridized carbons (Fsp3) is 0. The normalized spacial score (nSPS) is 11.4. The molecule has 0 aliphatic heterocycles. The van der Waals surface area contributed by atoms with Crippen LogP contribution in [0.3, 0.4) is 0 Å². The van der Waals surface area contributed by atoms with Gasteiger partial charge in [-0.2, -0.15) is 0 Å². The van der Waals surface area contributed by atoms with Gasteiger partial charge < -0.3 is 4.42 Å². The van der Waals surface area contributed by atoms with Gasteiger partial charge in [0, 0.05) is 32.8 Å². The minimum atomic E-state index is 0.603. The molecule has 2 aromatic heterocycles. The molecule has 47 heavy (non-hydrogen) atoms. The maximum Gasteiger partial charge on any atom is 0.164 e. The number of fused-ring (bicyclic) bond motifs is 5. The SMILES string of the molecule is c1ccc(-c2ccc(-c3nc(-c4ccc(-c5ccccc5)cc4)nc(-c4cccc5oc6c7ccccc7ccc6c45)n3)cc2)cc1. The Balaban J connectivity index is 1.22. The Hall–Kier alpha value is -6.39. The van der Waals surface area contributed by atoms with Gasteiger partial charge in [-0.25, -0.2) is 15.0 Å². The molecule has 0 spiro atoms. The quantitative estimate of drug-likeness (QED) is 0.197. The third-order valence-corrected chi connectivity index (χ3v) is 8.76. The molecular weight excluding hydrogens is 574 g/mol. The molecular formula is C43H27N3O. The van der Waals surface area contributed by atoms with Crippen molar-refractivity contribution in [2.45, 2.75) is 0 Å². The van der Waals surface area contributed by atoms with Crippen LogP contribution in [0.2, 0.25) is 0 Å². The zero-order valence-electron chi connectivity index (χ0n) is 25.3. The van der Waals surface area contributed by atoms with Crippen molar-refractivity contribution in [2.24, 2.45) is 0 Å². The van der Waals surface area contributed by atoms with E-state index in [1.54, 1.807) is 0 Å². The van der Waals surface area contributed by atoms with E-state index in [1.165, 1.54) is 11.1 Å². The molecule has 4 heteroatoms. The van der Waals surface area contributed by atoms with Crippen LogP contribution < -0.4 is 0 Å². The van der Waals surface area contributed by atoms with Crippen LogP contribution in [0.1, 0.15) is 0 Å². The van der Waals surface area contributed by atoms with Crippen LogP contribution in [0.15, 0.2) is 168 Å². The van der Waals surface area contributed by atoms with Crippen LogP contribution in [-0.2, 0) is 0 Å². The van der Waals surface area contributed by atoms with Crippen molar-refractivity contribution in [3.8, 4) is 56.4 Å². The van der Waals surface area contributed by atoms with Crippen molar-refractivity contribution in [3.63, 3.8) is 0 Å². The molecule has 0 saturated heterocycles. The first-order valence-electron chi connectivity index (χ1n) is 15.7. The molecule has 0 radical (unpaired) electrons. The van der Waals surface area contributed by atoms with Gasteiger partial charge >= 0.3 is 0 Å². The second-order valence-electron chi connectivity index (χ2n) is 11.6. The molecule has 0 aliphatic rings. The third-order valence-electron chi connectivity index (χ3n) is 8.76. The average molecular weight is 602 g/mol. The Morgan fingerprint density at radius 3 is 1.47 bits per heavy atom. The summed E-state index contributed by atoms with van der Waals surface area (Å²) < 4.78 is 6.50. The highest BCUT2D eigenvalue weighted by Crippen LogP contribution is 2.39. The van der Waals surface area contributed by atoms with E-state index >= 15 is 0 Å². The van der Waals surface area contributed by atoms with Crippen molar-refractivity contribution in [1.29, 1.82) is 0 Å². The zero-order chi connectivity index (χ0) is 31.2. The third kappa shape index (κ3) is 4.84. The highest BCUT2D eigenvalue weighted by atomic mass is 16.3. The summed E-state index contributed by atoms with van der Waals surface area (Å²) >= 11 is 0. The van der Waals surface area contributed by atoms with Crippen molar-refractivity contribution >= 4 is 32.7 Å². The van der Waals surface area contributed by atoms with E-state index in [4.69, 9.17) is 19.4 Å². The number of furan rings is 1. The fourth-order valence-corrected chi connectivity index (χ4v) is 6.38. The first-order chi connectivity index (χ1) is 23.3. The van der Waals surface area contributed by atoms with E-state index < -0.39 is 0 Å². The molecule has 220 valence electrons. The first kappa shape index (κ1) is 27.0. The zero-order valence-corrected chi connectivity index (χ0v) is 25.3. The van der Waals surface area contributed by atoms with Crippen LogP contribution >= 0.6 is 0 Å². The number of aromatic nitrogens is 3. The number of nitrogens with zero attached hydrogens (tertiary/aromatic N) is 3. The van der Waals surface area contributed by atoms with Gasteiger partial charge in [-0.3, -0.25) is 0 Å². The molecule has 0 atom stereocenters. The molecule has 0 unspecified atom stereocenters. The lowest BCUT2D eigenvalue weighted by molar-refractivity contribution is 0.672. The Bertz CT molecular complexity index is 2440. The minimum Gasteiger partial charge on any atom is -0.455 e. The lowest BCUT2D eigenvalue weighted by Gasteiger charge is -2.10. The second-order valence-corrected chi connectivity index (χ2v) is 11.6. The van der Waals surface area contributed by atoms with Crippen molar-refractivity contribution in [2.75, 3.05) is 0 Å². The number of hydrogen-bond donors (Lipinski definition) is 0. The van der Waals surface area contributed by atoms with E-state index in [0.29, 0.717) is 17.5 Å². The minimum absolute atomic E-state index is 0.603. The van der Waals surface area contributed by atoms with Gasteiger partial charge in [0.05, 0.1) is 0 Å². The molecule has 9 rings (SSSR count). The lowest BCUT2D eigenvalue weighted by atomic mass is 10.0. The Labute approximate surface area is 271 Å². The molecule has 0 bridgehead atoms. The summed E-state index contributed by atoms with van der Waals surface area (Å²) in [5.41, 5.74) is 9.04. The van der Waals surface area contributed by atoms with Gasteiger partial charge in [0.25, 0.3) is 0 Å². The van der Waals surface area contributed by atoms with E-state index in [-0.39, 0.29) is 0 Å². The predicted octanol–water partition coefficient (Wildman–Crippen LogP) is 11.3. The number of benzene rings is 7. The molecule has 0 amide bonds. The Kier molecular flexibility index (Phi) is 6.43. The van der Waals surface area contributed by atoms with Crippen LogP contribution in [0, 0.1) is 0 Å². The highest BCUT2D eigenvalue weighted by molar-refractivity contribution is 6.18. The predicted molar refractivity (Wildman–Crippen MR) is 192 cm³/mol. The van der Waals surface area contributed by atoms with Gasteiger partial charge in [-0.15, -0.1) is 0 Å². The van der Waals surface area contributed by atoms with Crippen molar-refractivity contribution in [1.82, 2.24) is 15.0 Å². The largest absolute Gasteiger partial charge is 0.455 e. The Morgan fingerprint density at radius 2 is 0.851 bits per heavy atom. The number of rotatable bonds is 5. The van der Waals surface area contributed by atoms with E-state index in [2.05, 4.69) is 133 Å². The van der Waals surface area contributed by atoms with Crippen LogP contribution in [0.4, 0.5) is 0 Å². The summed E-state index contributed by atoms with van der Waals surface area (Å²) in [4.78, 5) is 15.2. The maximum atomic E-state index is 6.50. The topological polar surface area (TPSA) is 51.8 Å². The molecule has 7 aromatic carbocycles. The monoisotopic (exact) mass is 601 g/mol. The van der Waals surface area contributed by atoms with Gasteiger partial charge in [0.15, 0.2) is 17.5 Å². The van der Waals surface area contributed by atoms with Gasteiger partial charge in [0.1, 0.15) is 11.2 Å². The smallest absolute Gasteiger partial charge is 0.164 e. The summed E-state index contributed by atoms with van der Waals surface area (Å²) in [6.45, 7) is 0. The first-order valence-corrected chi connectivity index (χ1v) is 15.7. The fourth-order valence-electron chi connectivity index (χ4n) is 6.38. The maximum absolute atomic E-state index is 6.50. The highest BCUT2D eigenvalue weighted by Gasteiger charge is 2.19. The standard InChI is InChI=1S/C43H27N3O/c1-3-10-28(11-4-1)30-18-22-33(23-19-30)41-44-42(34-24-20-31(21-25-34)29-12-5-2-6-13-29)46-43(45-41)37-16-9-17-38-39(37)36-27-26-32-14-7-8-15-35(32)40(36)47-38/h1-27H. The molecule has 2 heterocycles. The van der Waals surface area contributed by atoms with Gasteiger partial charge in [0.2, 0.25) is 0 Å². The number of hydrogen-bond acceptors (Lipinski definition) is 4. The van der Waals surface area contributed by atoms with E-state index in [9.17, 15) is 0 Å². The molecule has 0 aliphatic carbocycles. The van der Waals surface area contributed by atoms with Gasteiger partial charge in [-0.1, -0.05) is 152 Å². The lowest BCUT2D eigenvalue weighted by Crippen LogP contribution is -2.00. The molecule has 0 N–H and O–H groups in total. The molecule has 0 saturated carbocycles. The summed E-state index contributed by atoms with van der Waals surface area (Å²) in [5.74, 6) is 1.84. The molecule has 0 fully saturated rings. The Morgan fingerprint density at radius 1 is 0.340 bits per heavy atom. The molecule has 9 aromatic rings. The summed E-state index contributed by atoms with van der Waals surface area (Å²) in [6.07, 6.45) is 0. The van der Waals surface area contributed by atoms with Crippen LogP contribution in [-0.4, -0.2) is 15.0 Å². The van der Waals surface area contributed by atoms with Crippen LogP contribution in [0.5, 0.6) is 0 Å². The average Bonchev–Trinajstić information content (AvgIpc) is 3.55. The second kappa shape index (κ2) is 11.2. The molecule has 4 nitrogen and oxygen atoms in total. The van der Waals surface area contributed by atoms with Gasteiger partial charge in [-0.05, 0) is 39.8 Å². The van der Waals surface area contributed by atoms with Crippen LogP contribution in [0.25, 0.3) is 89.1 Å². The van der Waals surface area contributed by atoms with Crippen molar-refractivity contribution < 1.29 is 4.42 Å². The summed E-state index contributed by atoms with van der Waals surface area (Å²) in [5, 5.41) is 4.26. The van der Waals surface area contributed by atoms with E-state index in [0.717, 1.165) is 60.5 Å². The van der Waals surface area contributed by atoms with E-state index in [1.807, 2.05) is 30.3 Å². The van der Waals surface area contributed by atoms with Crippen molar-refractivity contribution in [3.05, 3.63) is 164 Å². The summed E-state index contributed by atoms with van der Waals surface area (Å²) in [6, 6.07) is 56.3. The summed E-state index contributed by atoms with van der Waals surface area (Å²) in [7, 11) is 0.